The molecule has 2 N–H and O–H groups in total. The van der Waals surface area contributed by atoms with Crippen LogP contribution in [0.15, 0.2) is 0 Å². The minimum atomic E-state index is -0.384. The predicted octanol–water partition coefficient (Wildman–Crippen LogP) is 0.0635. The number of carbonyl (C=O) groups excluding carboxylic acids is 1. The number of methoxy groups -OCH3 is 1. The summed E-state index contributed by atoms with van der Waals surface area (Å²) in [5, 5.41) is 0. The predicted molar refractivity (Wildman–Crippen MR) is 81.1 cm³/mol. The maximum atomic E-state index is 12.3. The highest BCUT2D eigenvalue weighted by Crippen LogP contribution is 2.14. The number of carbonyl (C=O) groups is 1. The maximum absolute atomic E-state index is 12.3. The smallest absolute Gasteiger partial charge is 0.239 e. The third-order valence-corrected chi connectivity index (χ3v) is 4.35. The summed E-state index contributed by atoms with van der Waals surface area (Å²) < 4.78 is 10.7. The van der Waals surface area contributed by atoms with Crippen molar-refractivity contribution in [3.63, 3.8) is 0 Å². The molecule has 122 valence electrons. The number of amides is 1. The van der Waals surface area contributed by atoms with Gasteiger partial charge in [0.05, 0.1) is 12.1 Å². The number of hydrogen-bond donors (Lipinski definition) is 1. The Bertz CT molecular complexity index is 313. The molecular formula is C15H29N3O3. The molecule has 2 heterocycles. The van der Waals surface area contributed by atoms with Crippen LogP contribution in [0, 0.1) is 0 Å². The molecule has 1 amide bonds. The zero-order chi connectivity index (χ0) is 15.1. The van der Waals surface area contributed by atoms with E-state index in [1.54, 1.807) is 7.11 Å². The van der Waals surface area contributed by atoms with Crippen molar-refractivity contribution in [3.05, 3.63) is 0 Å². The summed E-state index contributed by atoms with van der Waals surface area (Å²) in [6.45, 7) is 5.98. The van der Waals surface area contributed by atoms with E-state index in [1.807, 2.05) is 4.90 Å². The van der Waals surface area contributed by atoms with Gasteiger partial charge < -0.3 is 20.1 Å². The molecule has 2 saturated heterocycles. The Labute approximate surface area is 127 Å². The Balaban J connectivity index is 1.66. The monoisotopic (exact) mass is 299 g/mol. The largest absolute Gasteiger partial charge is 0.385 e. The van der Waals surface area contributed by atoms with Crippen LogP contribution in [-0.4, -0.2) is 80.9 Å². The fraction of sp³-hybridized carbons (Fsp3) is 0.933. The Morgan fingerprint density at radius 3 is 2.76 bits per heavy atom. The van der Waals surface area contributed by atoms with Crippen molar-refractivity contribution in [2.45, 2.75) is 37.8 Å². The van der Waals surface area contributed by atoms with Gasteiger partial charge in [0.1, 0.15) is 0 Å². The van der Waals surface area contributed by atoms with Gasteiger partial charge in [0.25, 0.3) is 0 Å². The maximum Gasteiger partial charge on any atom is 0.239 e. The van der Waals surface area contributed by atoms with Gasteiger partial charge in [-0.3, -0.25) is 9.69 Å². The first-order chi connectivity index (χ1) is 10.2. The Hall–Kier alpha value is -0.690. The van der Waals surface area contributed by atoms with Crippen LogP contribution in [0.4, 0.5) is 0 Å². The van der Waals surface area contributed by atoms with Crippen LogP contribution in [0.2, 0.25) is 0 Å². The topological polar surface area (TPSA) is 68.0 Å². The molecule has 0 aliphatic carbocycles. The van der Waals surface area contributed by atoms with Crippen molar-refractivity contribution in [2.75, 3.05) is 53.0 Å². The summed E-state index contributed by atoms with van der Waals surface area (Å²) in [7, 11) is 1.67. The van der Waals surface area contributed by atoms with E-state index in [2.05, 4.69) is 4.90 Å². The Morgan fingerprint density at radius 2 is 2.14 bits per heavy atom. The molecule has 2 rings (SSSR count). The first-order valence-corrected chi connectivity index (χ1v) is 8.08. The van der Waals surface area contributed by atoms with E-state index < -0.39 is 0 Å². The average molecular weight is 299 g/mol. The van der Waals surface area contributed by atoms with Crippen LogP contribution in [0.3, 0.4) is 0 Å². The highest BCUT2D eigenvalue weighted by Gasteiger charge is 2.27. The van der Waals surface area contributed by atoms with Crippen LogP contribution >= 0.6 is 0 Å². The van der Waals surface area contributed by atoms with Gasteiger partial charge in [-0.15, -0.1) is 0 Å². The highest BCUT2D eigenvalue weighted by atomic mass is 16.5. The summed E-state index contributed by atoms with van der Waals surface area (Å²) in [5.41, 5.74) is 5.98. The zero-order valence-electron chi connectivity index (χ0n) is 13.1. The average Bonchev–Trinajstić information content (AvgIpc) is 3.00. The fourth-order valence-electron chi connectivity index (χ4n) is 3.03. The molecule has 0 aromatic rings. The molecule has 0 bridgehead atoms. The summed E-state index contributed by atoms with van der Waals surface area (Å²) in [4.78, 5) is 16.6. The lowest BCUT2D eigenvalue weighted by Crippen LogP contribution is -2.54. The van der Waals surface area contributed by atoms with Crippen molar-refractivity contribution in [3.8, 4) is 0 Å². The van der Waals surface area contributed by atoms with Gasteiger partial charge in [0.2, 0.25) is 5.91 Å². The quantitative estimate of drug-likeness (QED) is 0.674. The van der Waals surface area contributed by atoms with Crippen LogP contribution < -0.4 is 5.73 Å². The number of nitrogens with two attached hydrogens (primary N) is 1. The molecule has 0 saturated carbocycles. The second-order valence-electron chi connectivity index (χ2n) is 6.00. The molecule has 2 aliphatic heterocycles. The molecule has 6 nitrogen and oxygen atoms in total. The molecule has 0 aromatic heterocycles. The number of rotatable bonds is 7. The number of nitrogens with zero attached hydrogens (tertiary/aromatic N) is 2. The molecule has 0 aromatic carbocycles. The standard InChI is InChI=1S/C15H29N3O3/c1-20-10-3-5-14(16)15(19)18-8-6-17(7-9-18)12-13-4-2-11-21-13/h13-14H,2-12,16H2,1H3. The highest BCUT2D eigenvalue weighted by molar-refractivity contribution is 5.81. The minimum Gasteiger partial charge on any atom is -0.385 e. The van der Waals surface area contributed by atoms with Gasteiger partial charge in [0.15, 0.2) is 0 Å². The normalized spacial score (nSPS) is 25.2. The van der Waals surface area contributed by atoms with Crippen molar-refractivity contribution >= 4 is 5.91 Å². The molecule has 0 radical (unpaired) electrons. The van der Waals surface area contributed by atoms with Crippen molar-refractivity contribution < 1.29 is 14.3 Å². The van der Waals surface area contributed by atoms with Gasteiger partial charge in [-0.1, -0.05) is 0 Å². The molecule has 6 heteroatoms. The van der Waals surface area contributed by atoms with E-state index in [0.29, 0.717) is 19.1 Å². The zero-order valence-corrected chi connectivity index (χ0v) is 13.1. The third kappa shape index (κ3) is 5.21. The lowest BCUT2D eigenvalue weighted by atomic mass is 10.1. The van der Waals surface area contributed by atoms with Crippen LogP contribution in [0.1, 0.15) is 25.7 Å². The molecule has 2 fully saturated rings. The molecule has 2 aliphatic rings. The van der Waals surface area contributed by atoms with Crippen molar-refractivity contribution in [2.24, 2.45) is 5.73 Å². The Kier molecular flexibility index (Phi) is 6.89. The first kappa shape index (κ1) is 16.7. The summed E-state index contributed by atoms with van der Waals surface area (Å²) in [6, 6.07) is -0.384. The molecule has 21 heavy (non-hydrogen) atoms. The van der Waals surface area contributed by atoms with Crippen molar-refractivity contribution in [1.82, 2.24) is 9.80 Å². The molecule has 2 unspecified atom stereocenters. The number of hydrogen-bond acceptors (Lipinski definition) is 5. The Morgan fingerprint density at radius 1 is 1.38 bits per heavy atom. The van der Waals surface area contributed by atoms with E-state index in [9.17, 15) is 4.79 Å². The van der Waals surface area contributed by atoms with Gasteiger partial charge >= 0.3 is 0 Å². The summed E-state index contributed by atoms with van der Waals surface area (Å²) >= 11 is 0. The van der Waals surface area contributed by atoms with E-state index in [-0.39, 0.29) is 11.9 Å². The van der Waals surface area contributed by atoms with Crippen molar-refractivity contribution in [1.29, 1.82) is 0 Å². The summed E-state index contributed by atoms with van der Waals surface area (Å²) in [6.07, 6.45) is 4.28. The molecule has 0 spiro atoms. The van der Waals surface area contributed by atoms with Crippen LogP contribution in [0.25, 0.3) is 0 Å². The first-order valence-electron chi connectivity index (χ1n) is 8.08. The number of ether oxygens (including phenoxy) is 2. The van der Waals surface area contributed by atoms with Crippen LogP contribution in [0.5, 0.6) is 0 Å². The lowest BCUT2D eigenvalue weighted by Gasteiger charge is -2.36. The van der Waals surface area contributed by atoms with Gasteiger partial charge in [-0.2, -0.15) is 0 Å². The second kappa shape index (κ2) is 8.68. The van der Waals surface area contributed by atoms with E-state index in [4.69, 9.17) is 15.2 Å². The van der Waals surface area contributed by atoms with Crippen LogP contribution in [-0.2, 0) is 14.3 Å². The molecule has 2 atom stereocenters. The lowest BCUT2D eigenvalue weighted by molar-refractivity contribution is -0.134. The van der Waals surface area contributed by atoms with Gasteiger partial charge in [-0.05, 0) is 25.7 Å². The number of piperazine rings is 1. The van der Waals surface area contributed by atoms with Gasteiger partial charge in [0, 0.05) is 53.0 Å². The molecular weight excluding hydrogens is 270 g/mol. The van der Waals surface area contributed by atoms with E-state index in [0.717, 1.165) is 45.8 Å². The van der Waals surface area contributed by atoms with E-state index in [1.165, 1.54) is 12.8 Å². The fourth-order valence-corrected chi connectivity index (χ4v) is 3.03. The summed E-state index contributed by atoms with van der Waals surface area (Å²) in [5.74, 6) is 0.0860. The van der Waals surface area contributed by atoms with E-state index >= 15 is 0 Å². The second-order valence-corrected chi connectivity index (χ2v) is 6.00. The third-order valence-electron chi connectivity index (χ3n) is 4.35. The SMILES string of the molecule is COCCCC(N)C(=O)N1CCN(CC2CCCO2)CC1. The van der Waals surface area contributed by atoms with Gasteiger partial charge in [-0.25, -0.2) is 0 Å². The minimum absolute atomic E-state index is 0.0860.